The van der Waals surface area contributed by atoms with Crippen LogP contribution in [0, 0.1) is 19.8 Å². The van der Waals surface area contributed by atoms with E-state index in [0.29, 0.717) is 18.2 Å². The maximum Gasteiger partial charge on any atom is 0.346 e. The van der Waals surface area contributed by atoms with Gasteiger partial charge in [0.15, 0.2) is 0 Å². The van der Waals surface area contributed by atoms with Gasteiger partial charge >= 0.3 is 5.97 Å². The van der Waals surface area contributed by atoms with Gasteiger partial charge in [-0.2, -0.15) is 0 Å². The number of carboxylic acids is 1. The van der Waals surface area contributed by atoms with Gasteiger partial charge in [-0.3, -0.25) is 0 Å². The van der Waals surface area contributed by atoms with Crippen molar-refractivity contribution >= 4 is 11.7 Å². The Bertz CT molecular complexity index is 804. The van der Waals surface area contributed by atoms with Gasteiger partial charge in [0.1, 0.15) is 11.5 Å². The van der Waals surface area contributed by atoms with E-state index in [2.05, 4.69) is 16.1 Å². The average molecular weight is 356 g/mol. The first kappa shape index (κ1) is 16.9. The number of aromatic nitrogens is 1. The zero-order valence-corrected chi connectivity index (χ0v) is 15.2. The number of ether oxygens (including phenoxy) is 1. The number of benzene rings is 1. The van der Waals surface area contributed by atoms with Gasteiger partial charge in [0.05, 0.1) is 17.9 Å². The van der Waals surface area contributed by atoms with Crippen molar-refractivity contribution in [3.05, 3.63) is 29.7 Å². The highest BCUT2D eigenvalue weighted by Crippen LogP contribution is 2.40. The van der Waals surface area contributed by atoms with E-state index in [1.165, 1.54) is 25.7 Å². The predicted octanol–water partition coefficient (Wildman–Crippen LogP) is 3.80. The van der Waals surface area contributed by atoms with Gasteiger partial charge in [-0.1, -0.05) is 24.1 Å². The number of aryl methyl sites for hydroxylation is 2. The first-order chi connectivity index (χ1) is 12.5. The zero-order chi connectivity index (χ0) is 18.3. The summed E-state index contributed by atoms with van der Waals surface area (Å²) >= 11 is 0. The second-order valence-electron chi connectivity index (χ2n) is 7.38. The van der Waals surface area contributed by atoms with Gasteiger partial charge in [0.25, 0.3) is 0 Å². The molecule has 1 aromatic carbocycles. The summed E-state index contributed by atoms with van der Waals surface area (Å²) in [5, 5.41) is 13.5. The van der Waals surface area contributed by atoms with Gasteiger partial charge < -0.3 is 19.3 Å². The fourth-order valence-electron chi connectivity index (χ4n) is 4.21. The van der Waals surface area contributed by atoms with Crippen LogP contribution < -0.4 is 9.64 Å². The van der Waals surface area contributed by atoms with Gasteiger partial charge in [0, 0.05) is 12.1 Å². The fourth-order valence-corrected chi connectivity index (χ4v) is 4.21. The third kappa shape index (κ3) is 3.04. The second-order valence-corrected chi connectivity index (χ2v) is 7.38. The molecule has 1 unspecified atom stereocenters. The Balaban J connectivity index is 1.71. The van der Waals surface area contributed by atoms with E-state index in [-0.39, 0.29) is 0 Å². The molecule has 1 aromatic heterocycles. The van der Waals surface area contributed by atoms with Crippen LogP contribution in [0.15, 0.2) is 22.7 Å². The maximum atomic E-state index is 11.5. The van der Waals surface area contributed by atoms with Gasteiger partial charge in [0.2, 0.25) is 6.10 Å². The molecule has 4 rings (SSSR count). The molecule has 0 saturated heterocycles. The number of aliphatic carboxylic acids is 1. The van der Waals surface area contributed by atoms with Crippen molar-refractivity contribution in [3.63, 3.8) is 0 Å². The van der Waals surface area contributed by atoms with Crippen LogP contribution in [-0.4, -0.2) is 35.4 Å². The highest BCUT2D eigenvalue weighted by Gasteiger charge is 2.32. The van der Waals surface area contributed by atoms with Crippen molar-refractivity contribution in [2.24, 2.45) is 5.92 Å². The standard InChI is InChI=1S/C20H24N2O4/c1-12-19(13(2)26-21-12)15-7-8-17-16(9-15)22(10-14-5-3-4-6-14)11-18(25-17)20(23)24/h7-9,14,18H,3-6,10-11H2,1-2H3,(H,23,24). The molecule has 1 fully saturated rings. The maximum absolute atomic E-state index is 11.5. The van der Waals surface area contributed by atoms with E-state index >= 15 is 0 Å². The summed E-state index contributed by atoms with van der Waals surface area (Å²) in [4.78, 5) is 13.7. The molecule has 2 aromatic rings. The van der Waals surface area contributed by atoms with Crippen molar-refractivity contribution in [1.82, 2.24) is 5.16 Å². The quantitative estimate of drug-likeness (QED) is 0.898. The van der Waals surface area contributed by atoms with Crippen LogP contribution >= 0.6 is 0 Å². The minimum Gasteiger partial charge on any atom is -0.478 e. The van der Waals surface area contributed by atoms with Crippen molar-refractivity contribution < 1.29 is 19.2 Å². The van der Waals surface area contributed by atoms with Crippen molar-refractivity contribution in [2.75, 3.05) is 18.0 Å². The monoisotopic (exact) mass is 356 g/mol. The number of carboxylic acid groups (broad SMARTS) is 1. The normalized spacial score (nSPS) is 20.1. The Labute approximate surface area is 152 Å². The molecule has 6 heteroatoms. The van der Waals surface area contributed by atoms with Gasteiger partial charge in [-0.25, -0.2) is 4.79 Å². The van der Waals surface area contributed by atoms with Crippen LogP contribution in [0.5, 0.6) is 5.75 Å². The zero-order valence-electron chi connectivity index (χ0n) is 15.2. The summed E-state index contributed by atoms with van der Waals surface area (Å²) in [5.74, 6) is 1.13. The molecule has 138 valence electrons. The fraction of sp³-hybridized carbons (Fsp3) is 0.500. The van der Waals surface area contributed by atoms with Crippen LogP contribution in [0.4, 0.5) is 5.69 Å². The summed E-state index contributed by atoms with van der Waals surface area (Å²) in [6.45, 7) is 5.09. The van der Waals surface area contributed by atoms with Crippen molar-refractivity contribution in [2.45, 2.75) is 45.6 Å². The molecule has 6 nitrogen and oxygen atoms in total. The topological polar surface area (TPSA) is 75.8 Å². The molecule has 0 spiro atoms. The molecule has 1 N–H and O–H groups in total. The summed E-state index contributed by atoms with van der Waals surface area (Å²) in [5.41, 5.74) is 3.83. The van der Waals surface area contributed by atoms with E-state index in [9.17, 15) is 9.90 Å². The van der Waals surface area contributed by atoms with Crippen LogP contribution in [0.2, 0.25) is 0 Å². The highest BCUT2D eigenvalue weighted by atomic mass is 16.5. The minimum absolute atomic E-state index is 0.379. The predicted molar refractivity (Wildman–Crippen MR) is 97.6 cm³/mol. The summed E-state index contributed by atoms with van der Waals surface area (Å²) in [7, 11) is 0. The average Bonchev–Trinajstić information content (AvgIpc) is 3.24. The molecule has 1 atom stereocenters. The molecule has 26 heavy (non-hydrogen) atoms. The molecule has 0 bridgehead atoms. The molecular formula is C20H24N2O4. The first-order valence-corrected chi connectivity index (χ1v) is 9.24. The lowest BCUT2D eigenvalue weighted by molar-refractivity contribution is -0.144. The lowest BCUT2D eigenvalue weighted by Gasteiger charge is -2.36. The van der Waals surface area contributed by atoms with Crippen LogP contribution in [0.25, 0.3) is 11.1 Å². The molecule has 2 aliphatic rings. The van der Waals surface area contributed by atoms with Crippen LogP contribution in [0.1, 0.15) is 37.1 Å². The summed E-state index contributed by atoms with van der Waals surface area (Å²) in [6.07, 6.45) is 4.14. The van der Waals surface area contributed by atoms with Gasteiger partial charge in [-0.05, 0) is 50.3 Å². The number of fused-ring (bicyclic) bond motifs is 1. The first-order valence-electron chi connectivity index (χ1n) is 9.24. The van der Waals surface area contributed by atoms with Crippen LogP contribution in [-0.2, 0) is 4.79 Å². The Morgan fingerprint density at radius 2 is 2.08 bits per heavy atom. The number of anilines is 1. The smallest absolute Gasteiger partial charge is 0.346 e. The Kier molecular flexibility index (Phi) is 4.34. The lowest BCUT2D eigenvalue weighted by atomic mass is 10.0. The van der Waals surface area contributed by atoms with E-state index in [1.54, 1.807) is 0 Å². The second kappa shape index (κ2) is 6.67. The summed E-state index contributed by atoms with van der Waals surface area (Å²) in [6, 6.07) is 5.89. The van der Waals surface area contributed by atoms with E-state index in [0.717, 1.165) is 34.8 Å². The highest BCUT2D eigenvalue weighted by molar-refractivity contribution is 5.79. The van der Waals surface area contributed by atoms with Crippen molar-refractivity contribution in [1.29, 1.82) is 0 Å². The van der Waals surface area contributed by atoms with E-state index in [4.69, 9.17) is 9.26 Å². The molecule has 0 radical (unpaired) electrons. The largest absolute Gasteiger partial charge is 0.478 e. The minimum atomic E-state index is -0.915. The SMILES string of the molecule is Cc1noc(C)c1-c1ccc2c(c1)N(CC1CCCC1)CC(C(=O)O)O2. The summed E-state index contributed by atoms with van der Waals surface area (Å²) < 4.78 is 11.0. The Hall–Kier alpha value is -2.50. The van der Waals surface area contributed by atoms with Crippen molar-refractivity contribution in [3.8, 4) is 16.9 Å². The molecule has 1 aliphatic carbocycles. The molecule has 1 saturated carbocycles. The number of rotatable bonds is 4. The third-order valence-electron chi connectivity index (χ3n) is 5.51. The number of nitrogens with zero attached hydrogens (tertiary/aromatic N) is 2. The third-order valence-corrected chi connectivity index (χ3v) is 5.51. The molecule has 2 heterocycles. The van der Waals surface area contributed by atoms with Crippen LogP contribution in [0.3, 0.4) is 0 Å². The van der Waals surface area contributed by atoms with Gasteiger partial charge in [-0.15, -0.1) is 0 Å². The molecular weight excluding hydrogens is 332 g/mol. The lowest BCUT2D eigenvalue weighted by Crippen LogP contribution is -2.46. The number of hydrogen-bond acceptors (Lipinski definition) is 5. The number of carbonyl (C=O) groups is 1. The van der Waals surface area contributed by atoms with E-state index in [1.807, 2.05) is 26.0 Å². The Morgan fingerprint density at radius 3 is 2.73 bits per heavy atom. The molecule has 1 aliphatic heterocycles. The number of hydrogen-bond donors (Lipinski definition) is 1. The Morgan fingerprint density at radius 1 is 1.31 bits per heavy atom. The molecule has 0 amide bonds. The van der Waals surface area contributed by atoms with E-state index < -0.39 is 12.1 Å².